The second-order valence-electron chi connectivity index (χ2n) is 6.01. The molecule has 0 radical (unpaired) electrons. The molecule has 1 fully saturated rings. The standard InChI is InChI=1S/C19H17ClN2O3/c1-12(23)15-16(14-8-5-10-21-18(14)20)22(19(25)17(15)24)11-9-13-6-3-2-4-7-13/h2-8,10,15-16H,9,11H2,1H3. The lowest BCUT2D eigenvalue weighted by atomic mass is 9.90. The van der Waals surface area contributed by atoms with Crippen LogP contribution in [-0.4, -0.2) is 33.9 Å². The number of Topliss-reactive ketones (excluding diaryl/α,β-unsaturated/α-hetero) is 2. The van der Waals surface area contributed by atoms with E-state index >= 15 is 0 Å². The molecule has 3 rings (SSSR count). The second-order valence-corrected chi connectivity index (χ2v) is 6.37. The molecule has 25 heavy (non-hydrogen) atoms. The topological polar surface area (TPSA) is 67.3 Å². The van der Waals surface area contributed by atoms with Gasteiger partial charge in [0, 0.05) is 18.3 Å². The zero-order valence-electron chi connectivity index (χ0n) is 13.7. The molecule has 2 unspecified atom stereocenters. The van der Waals surface area contributed by atoms with E-state index < -0.39 is 23.7 Å². The molecule has 0 bridgehead atoms. The molecule has 1 aliphatic heterocycles. The third kappa shape index (κ3) is 3.33. The minimum absolute atomic E-state index is 0.200. The summed E-state index contributed by atoms with van der Waals surface area (Å²) in [7, 11) is 0. The lowest BCUT2D eigenvalue weighted by Gasteiger charge is -2.27. The van der Waals surface area contributed by atoms with Crippen molar-refractivity contribution in [2.24, 2.45) is 5.92 Å². The smallest absolute Gasteiger partial charge is 0.291 e. The third-order valence-corrected chi connectivity index (χ3v) is 4.75. The molecule has 1 aromatic carbocycles. The number of carbonyl (C=O) groups is 3. The highest BCUT2D eigenvalue weighted by molar-refractivity contribution is 6.43. The van der Waals surface area contributed by atoms with Gasteiger partial charge in [0.25, 0.3) is 5.91 Å². The first-order valence-corrected chi connectivity index (χ1v) is 8.38. The number of pyridine rings is 1. The number of benzene rings is 1. The van der Waals surface area contributed by atoms with Crippen molar-refractivity contribution < 1.29 is 14.4 Å². The molecule has 2 atom stereocenters. The molecule has 6 heteroatoms. The Bertz CT molecular complexity index is 822. The van der Waals surface area contributed by atoms with Crippen molar-refractivity contribution in [2.45, 2.75) is 19.4 Å². The summed E-state index contributed by atoms with van der Waals surface area (Å²) >= 11 is 6.18. The number of rotatable bonds is 5. The molecule has 1 aliphatic rings. The van der Waals surface area contributed by atoms with E-state index in [0.29, 0.717) is 18.5 Å². The molecule has 1 saturated heterocycles. The SMILES string of the molecule is CC(=O)C1C(=O)C(=O)N(CCc2ccccc2)C1c1cccnc1Cl. The van der Waals surface area contributed by atoms with Gasteiger partial charge in [-0.2, -0.15) is 0 Å². The number of hydrogen-bond acceptors (Lipinski definition) is 4. The number of carbonyl (C=O) groups excluding carboxylic acids is 3. The van der Waals surface area contributed by atoms with Crippen LogP contribution in [0.5, 0.6) is 0 Å². The monoisotopic (exact) mass is 356 g/mol. The van der Waals surface area contributed by atoms with Gasteiger partial charge in [-0.05, 0) is 25.0 Å². The largest absolute Gasteiger partial charge is 0.327 e. The zero-order valence-corrected chi connectivity index (χ0v) is 14.4. The normalized spacial score (nSPS) is 20.2. The van der Waals surface area contributed by atoms with Gasteiger partial charge in [0.15, 0.2) is 0 Å². The maximum atomic E-state index is 12.5. The van der Waals surface area contributed by atoms with Gasteiger partial charge in [-0.15, -0.1) is 0 Å². The number of hydrogen-bond donors (Lipinski definition) is 0. The van der Waals surface area contributed by atoms with Crippen LogP contribution in [0.3, 0.4) is 0 Å². The van der Waals surface area contributed by atoms with Gasteiger partial charge in [0.1, 0.15) is 16.9 Å². The van der Waals surface area contributed by atoms with Gasteiger partial charge in [-0.3, -0.25) is 14.4 Å². The van der Waals surface area contributed by atoms with Gasteiger partial charge >= 0.3 is 0 Å². The van der Waals surface area contributed by atoms with Gasteiger partial charge in [-0.25, -0.2) is 4.98 Å². The van der Waals surface area contributed by atoms with E-state index in [1.54, 1.807) is 12.1 Å². The summed E-state index contributed by atoms with van der Waals surface area (Å²) in [6.45, 7) is 1.65. The van der Waals surface area contributed by atoms with E-state index in [0.717, 1.165) is 5.56 Å². The Morgan fingerprint density at radius 3 is 2.52 bits per heavy atom. The first-order valence-electron chi connectivity index (χ1n) is 8.00. The Hall–Kier alpha value is -2.53. The molecule has 0 spiro atoms. The lowest BCUT2D eigenvalue weighted by molar-refractivity contribution is -0.142. The van der Waals surface area contributed by atoms with Crippen molar-refractivity contribution >= 4 is 29.1 Å². The van der Waals surface area contributed by atoms with Gasteiger partial charge in [-0.1, -0.05) is 48.0 Å². The van der Waals surface area contributed by atoms with E-state index in [1.165, 1.54) is 18.0 Å². The van der Waals surface area contributed by atoms with E-state index in [9.17, 15) is 14.4 Å². The second kappa shape index (κ2) is 7.15. The Kier molecular flexibility index (Phi) is 4.95. The van der Waals surface area contributed by atoms with Crippen LogP contribution in [0.4, 0.5) is 0 Å². The minimum atomic E-state index is -1.04. The van der Waals surface area contributed by atoms with Crippen LogP contribution in [-0.2, 0) is 20.8 Å². The Morgan fingerprint density at radius 1 is 1.16 bits per heavy atom. The summed E-state index contributed by atoms with van der Waals surface area (Å²) in [5, 5.41) is 0.200. The lowest BCUT2D eigenvalue weighted by Crippen LogP contribution is -2.32. The molecule has 0 N–H and O–H groups in total. The fourth-order valence-electron chi connectivity index (χ4n) is 3.23. The Balaban J connectivity index is 1.95. The fraction of sp³-hybridized carbons (Fsp3) is 0.263. The van der Waals surface area contributed by atoms with Crippen molar-refractivity contribution in [3.63, 3.8) is 0 Å². The number of amides is 1. The molecular formula is C19H17ClN2O3. The molecule has 0 saturated carbocycles. The van der Waals surface area contributed by atoms with Crippen molar-refractivity contribution in [2.75, 3.05) is 6.54 Å². The summed E-state index contributed by atoms with van der Waals surface area (Å²) < 4.78 is 0. The first-order chi connectivity index (χ1) is 12.0. The molecule has 1 amide bonds. The molecule has 0 aliphatic carbocycles. The fourth-order valence-corrected chi connectivity index (χ4v) is 3.46. The van der Waals surface area contributed by atoms with Crippen molar-refractivity contribution in [3.05, 3.63) is 64.9 Å². The third-order valence-electron chi connectivity index (χ3n) is 4.43. The highest BCUT2D eigenvalue weighted by Gasteiger charge is 2.50. The summed E-state index contributed by atoms with van der Waals surface area (Å²) in [6, 6.07) is 12.3. The molecule has 128 valence electrons. The zero-order chi connectivity index (χ0) is 18.0. The summed E-state index contributed by atoms with van der Waals surface area (Å²) in [6.07, 6.45) is 2.11. The summed E-state index contributed by atoms with van der Waals surface area (Å²) in [5.74, 6) is -2.69. The number of aromatic nitrogens is 1. The van der Waals surface area contributed by atoms with Gasteiger partial charge in [0.2, 0.25) is 5.78 Å². The maximum absolute atomic E-state index is 12.5. The van der Waals surface area contributed by atoms with Crippen molar-refractivity contribution in [1.29, 1.82) is 0 Å². The van der Waals surface area contributed by atoms with Crippen molar-refractivity contribution in [3.8, 4) is 0 Å². The Labute approximate surface area is 150 Å². The Morgan fingerprint density at radius 2 is 1.88 bits per heavy atom. The van der Waals surface area contributed by atoms with E-state index in [4.69, 9.17) is 11.6 Å². The number of likely N-dealkylation sites (tertiary alicyclic amines) is 1. The predicted molar refractivity (Wildman–Crippen MR) is 93.0 cm³/mol. The van der Waals surface area contributed by atoms with Crippen LogP contribution in [0, 0.1) is 5.92 Å². The van der Waals surface area contributed by atoms with Crippen LogP contribution in [0.1, 0.15) is 24.1 Å². The van der Waals surface area contributed by atoms with Gasteiger partial charge < -0.3 is 4.90 Å². The first kappa shape index (κ1) is 17.3. The average molecular weight is 357 g/mol. The summed E-state index contributed by atoms with van der Waals surface area (Å²) in [5.41, 5.74) is 1.57. The van der Waals surface area contributed by atoms with Crippen LogP contribution < -0.4 is 0 Å². The van der Waals surface area contributed by atoms with Crippen molar-refractivity contribution in [1.82, 2.24) is 9.88 Å². The van der Waals surface area contributed by atoms with Crippen LogP contribution in [0.2, 0.25) is 5.15 Å². The van der Waals surface area contributed by atoms with Crippen LogP contribution in [0.15, 0.2) is 48.7 Å². The highest BCUT2D eigenvalue weighted by Crippen LogP contribution is 2.39. The highest BCUT2D eigenvalue weighted by atomic mass is 35.5. The van der Waals surface area contributed by atoms with E-state index in [-0.39, 0.29) is 10.9 Å². The molecule has 5 nitrogen and oxygen atoms in total. The number of halogens is 1. The molecule has 2 aromatic rings. The number of nitrogens with zero attached hydrogens (tertiary/aromatic N) is 2. The van der Waals surface area contributed by atoms with E-state index in [2.05, 4.69) is 4.98 Å². The van der Waals surface area contributed by atoms with Crippen LogP contribution in [0.25, 0.3) is 0 Å². The average Bonchev–Trinajstić information content (AvgIpc) is 2.85. The molecule has 2 heterocycles. The molecular weight excluding hydrogens is 340 g/mol. The number of ketones is 2. The van der Waals surface area contributed by atoms with Gasteiger partial charge in [0.05, 0.1) is 6.04 Å². The van der Waals surface area contributed by atoms with E-state index in [1.807, 2.05) is 30.3 Å². The maximum Gasteiger partial charge on any atom is 0.291 e. The minimum Gasteiger partial charge on any atom is -0.327 e. The predicted octanol–water partition coefficient (Wildman–Crippen LogP) is 2.64. The summed E-state index contributed by atoms with van der Waals surface area (Å²) in [4.78, 5) is 42.4. The quantitative estimate of drug-likeness (QED) is 0.469. The molecule has 1 aromatic heterocycles. The van der Waals surface area contributed by atoms with Crippen LogP contribution >= 0.6 is 11.6 Å².